The number of thioether (sulfide) groups is 1. The van der Waals surface area contributed by atoms with Gasteiger partial charge in [-0.05, 0) is 25.7 Å². The van der Waals surface area contributed by atoms with Gasteiger partial charge < -0.3 is 10.2 Å². The number of carbonyl (C=O) groups is 2. The summed E-state index contributed by atoms with van der Waals surface area (Å²) in [4.78, 5) is 26.5. The smallest absolute Gasteiger partial charge is 0.249 e. The lowest BCUT2D eigenvalue weighted by atomic mass is 10.1. The quantitative estimate of drug-likeness (QED) is 0.928. The first-order valence-electron chi connectivity index (χ1n) is 7.11. The Hall–Kier alpha value is -1.49. The van der Waals surface area contributed by atoms with Gasteiger partial charge in [0, 0.05) is 24.3 Å². The first-order chi connectivity index (χ1) is 9.93. The molecule has 114 valence electrons. The summed E-state index contributed by atoms with van der Waals surface area (Å²) in [5, 5.41) is 2.84. The predicted octanol–water partition coefficient (Wildman–Crippen LogP) is 2.22. The average Bonchev–Trinajstić information content (AvgIpc) is 2.61. The number of hydrogen-bond acceptors (Lipinski definition) is 3. The van der Waals surface area contributed by atoms with Crippen LogP contribution in [0.1, 0.15) is 31.9 Å². The largest absolute Gasteiger partial charge is 0.340 e. The van der Waals surface area contributed by atoms with Gasteiger partial charge in [-0.25, -0.2) is 0 Å². The van der Waals surface area contributed by atoms with E-state index in [2.05, 4.69) is 19.2 Å². The predicted molar refractivity (Wildman–Crippen MR) is 86.1 cm³/mol. The summed E-state index contributed by atoms with van der Waals surface area (Å²) in [6.07, 6.45) is 2.40. The van der Waals surface area contributed by atoms with Crippen molar-refractivity contribution in [2.75, 3.05) is 19.3 Å². The first kappa shape index (κ1) is 15.9. The number of rotatable bonds is 4. The van der Waals surface area contributed by atoms with Crippen LogP contribution in [0.4, 0.5) is 0 Å². The highest BCUT2D eigenvalue weighted by Crippen LogP contribution is 2.26. The average molecular weight is 306 g/mol. The van der Waals surface area contributed by atoms with Gasteiger partial charge in [-0.15, -0.1) is 0 Å². The van der Waals surface area contributed by atoms with E-state index in [1.54, 1.807) is 11.8 Å². The zero-order valence-electron chi connectivity index (χ0n) is 12.8. The minimum absolute atomic E-state index is 0.0193. The molecule has 2 rings (SSSR count). The van der Waals surface area contributed by atoms with E-state index in [1.165, 1.54) is 0 Å². The van der Waals surface area contributed by atoms with Crippen molar-refractivity contribution in [1.29, 1.82) is 0 Å². The molecule has 0 bridgehead atoms. The maximum atomic E-state index is 12.8. The number of benzene rings is 1. The molecule has 1 aliphatic rings. The molecule has 1 heterocycles. The van der Waals surface area contributed by atoms with Gasteiger partial charge in [-0.3, -0.25) is 9.59 Å². The lowest BCUT2D eigenvalue weighted by Gasteiger charge is -2.32. The second kappa shape index (κ2) is 6.52. The topological polar surface area (TPSA) is 49.4 Å². The van der Waals surface area contributed by atoms with Gasteiger partial charge >= 0.3 is 0 Å². The lowest BCUT2D eigenvalue weighted by Crippen LogP contribution is -2.44. The van der Waals surface area contributed by atoms with E-state index in [0.29, 0.717) is 19.5 Å². The molecule has 1 saturated heterocycles. The van der Waals surface area contributed by atoms with Gasteiger partial charge in [0.2, 0.25) is 11.8 Å². The molecule has 0 spiro atoms. The van der Waals surface area contributed by atoms with Crippen molar-refractivity contribution in [3.05, 3.63) is 35.9 Å². The number of carbonyl (C=O) groups excluding carboxylic acids is 2. The second-order valence-electron chi connectivity index (χ2n) is 5.88. The zero-order chi connectivity index (χ0) is 15.5. The molecule has 4 nitrogen and oxygen atoms in total. The molecule has 1 aliphatic heterocycles. The van der Waals surface area contributed by atoms with E-state index < -0.39 is 6.04 Å². The van der Waals surface area contributed by atoms with E-state index in [9.17, 15) is 9.59 Å². The number of amides is 2. The highest BCUT2D eigenvalue weighted by Gasteiger charge is 2.33. The second-order valence-corrected chi connectivity index (χ2v) is 7.40. The molecule has 1 unspecified atom stereocenters. The van der Waals surface area contributed by atoms with Crippen LogP contribution in [0.3, 0.4) is 0 Å². The van der Waals surface area contributed by atoms with E-state index in [4.69, 9.17) is 0 Å². The third kappa shape index (κ3) is 4.00. The molecule has 1 fully saturated rings. The van der Waals surface area contributed by atoms with Gasteiger partial charge in [0.1, 0.15) is 6.04 Å². The van der Waals surface area contributed by atoms with Crippen LogP contribution in [-0.4, -0.2) is 40.8 Å². The number of nitrogens with one attached hydrogen (secondary N) is 1. The normalized spacial score (nSPS) is 20.1. The molecule has 0 aromatic heterocycles. The summed E-state index contributed by atoms with van der Waals surface area (Å²) in [7, 11) is 0. The highest BCUT2D eigenvalue weighted by molar-refractivity contribution is 7.99. The summed E-state index contributed by atoms with van der Waals surface area (Å²) in [6, 6.07) is 8.86. The Kier molecular flexibility index (Phi) is 4.93. The molecule has 5 heteroatoms. The van der Waals surface area contributed by atoms with Crippen molar-refractivity contribution >= 4 is 23.6 Å². The summed E-state index contributed by atoms with van der Waals surface area (Å²) in [5.41, 5.74) is 0.838. The van der Waals surface area contributed by atoms with Crippen LogP contribution in [0.2, 0.25) is 0 Å². The molecule has 1 aromatic carbocycles. The standard InChI is InChI=1S/C16H22N2O2S/c1-16(2,21-3)11-18-10-9-13(19)17-14(15(18)20)12-7-5-4-6-8-12/h4-8,14H,9-11H2,1-3H3,(H,17,19). The fourth-order valence-electron chi connectivity index (χ4n) is 2.38. The van der Waals surface area contributed by atoms with Gasteiger partial charge in [0.25, 0.3) is 0 Å². The fraction of sp³-hybridized carbons (Fsp3) is 0.500. The summed E-state index contributed by atoms with van der Waals surface area (Å²) >= 11 is 1.73. The SMILES string of the molecule is CSC(C)(C)CN1CCC(=O)NC(c2ccccc2)C1=O. The maximum Gasteiger partial charge on any atom is 0.249 e. The van der Waals surface area contributed by atoms with Crippen LogP contribution in [-0.2, 0) is 9.59 Å². The maximum absolute atomic E-state index is 12.8. The lowest BCUT2D eigenvalue weighted by molar-refractivity contribution is -0.134. The van der Waals surface area contributed by atoms with E-state index >= 15 is 0 Å². The molecule has 0 radical (unpaired) electrons. The summed E-state index contributed by atoms with van der Waals surface area (Å²) in [5.74, 6) is -0.0872. The van der Waals surface area contributed by atoms with Crippen LogP contribution >= 0.6 is 11.8 Å². The Morgan fingerprint density at radius 3 is 2.57 bits per heavy atom. The monoisotopic (exact) mass is 306 g/mol. The molecule has 0 saturated carbocycles. The minimum atomic E-state index is -0.571. The Morgan fingerprint density at radius 2 is 1.95 bits per heavy atom. The Bertz CT molecular complexity index is 516. The molecular formula is C16H22N2O2S. The van der Waals surface area contributed by atoms with Crippen molar-refractivity contribution in [2.24, 2.45) is 0 Å². The van der Waals surface area contributed by atoms with Gasteiger partial charge in [-0.1, -0.05) is 30.3 Å². The minimum Gasteiger partial charge on any atom is -0.340 e. The Balaban J connectivity index is 2.24. The van der Waals surface area contributed by atoms with Gasteiger partial charge in [0.15, 0.2) is 0 Å². The van der Waals surface area contributed by atoms with Crippen molar-refractivity contribution in [3.8, 4) is 0 Å². The van der Waals surface area contributed by atoms with Crippen molar-refractivity contribution in [1.82, 2.24) is 10.2 Å². The molecule has 1 N–H and O–H groups in total. The zero-order valence-corrected chi connectivity index (χ0v) is 13.6. The van der Waals surface area contributed by atoms with E-state index in [0.717, 1.165) is 5.56 Å². The van der Waals surface area contributed by atoms with Gasteiger partial charge in [0.05, 0.1) is 0 Å². The van der Waals surface area contributed by atoms with Crippen molar-refractivity contribution in [3.63, 3.8) is 0 Å². The first-order valence-corrected chi connectivity index (χ1v) is 8.34. The number of hydrogen-bond donors (Lipinski definition) is 1. The Morgan fingerprint density at radius 1 is 1.29 bits per heavy atom. The van der Waals surface area contributed by atoms with E-state index in [1.807, 2.05) is 41.5 Å². The third-order valence-corrected chi connectivity index (χ3v) is 4.96. The fourth-order valence-corrected chi connectivity index (χ4v) is 2.66. The molecule has 1 aromatic rings. The van der Waals surface area contributed by atoms with Crippen LogP contribution < -0.4 is 5.32 Å². The van der Waals surface area contributed by atoms with Crippen LogP contribution in [0.15, 0.2) is 30.3 Å². The van der Waals surface area contributed by atoms with Crippen LogP contribution in [0.5, 0.6) is 0 Å². The van der Waals surface area contributed by atoms with Crippen LogP contribution in [0.25, 0.3) is 0 Å². The molecule has 21 heavy (non-hydrogen) atoms. The molecule has 0 aliphatic carbocycles. The van der Waals surface area contributed by atoms with E-state index in [-0.39, 0.29) is 16.6 Å². The summed E-state index contributed by atoms with van der Waals surface area (Å²) in [6.45, 7) is 5.36. The third-order valence-electron chi connectivity index (χ3n) is 3.73. The van der Waals surface area contributed by atoms with Gasteiger partial charge in [-0.2, -0.15) is 11.8 Å². The van der Waals surface area contributed by atoms with Crippen molar-refractivity contribution < 1.29 is 9.59 Å². The number of nitrogens with zero attached hydrogens (tertiary/aromatic N) is 1. The molecule has 1 atom stereocenters. The molecular weight excluding hydrogens is 284 g/mol. The summed E-state index contributed by atoms with van der Waals surface area (Å²) < 4.78 is -0.0235. The Labute approximate surface area is 130 Å². The molecule has 2 amide bonds. The highest BCUT2D eigenvalue weighted by atomic mass is 32.2. The van der Waals surface area contributed by atoms with Crippen LogP contribution in [0, 0.1) is 0 Å². The van der Waals surface area contributed by atoms with Crippen molar-refractivity contribution in [2.45, 2.75) is 31.1 Å².